The van der Waals surface area contributed by atoms with Crippen LogP contribution < -0.4 is 5.73 Å². The number of aliphatic hydroxyl groups excluding tert-OH is 1. The molecule has 1 amide bonds. The van der Waals surface area contributed by atoms with E-state index in [4.69, 9.17) is 5.73 Å². The Morgan fingerprint density at radius 2 is 1.95 bits per heavy atom. The number of nitrogens with zero attached hydrogens (tertiary/aromatic N) is 1. The number of carbonyl (C=O) groups excluding carboxylic acids is 1. The molecule has 4 heteroatoms. The first-order valence-electron chi connectivity index (χ1n) is 7.35. The lowest BCUT2D eigenvalue weighted by atomic mass is 9.87. The molecule has 2 unspecified atom stereocenters. The number of aliphatic hydroxyl groups is 1. The maximum absolute atomic E-state index is 12.1. The summed E-state index contributed by atoms with van der Waals surface area (Å²) in [5.41, 5.74) is 6.51. The molecule has 0 bridgehead atoms. The highest BCUT2D eigenvalue weighted by Gasteiger charge is 2.29. The molecule has 3 N–H and O–H groups in total. The van der Waals surface area contributed by atoms with Crippen molar-refractivity contribution in [2.45, 2.75) is 25.9 Å². The fourth-order valence-corrected chi connectivity index (χ4v) is 2.77. The van der Waals surface area contributed by atoms with Crippen molar-refractivity contribution >= 4 is 5.91 Å². The number of rotatable bonds is 4. The predicted molar refractivity (Wildman–Crippen MR) is 78.9 cm³/mol. The van der Waals surface area contributed by atoms with Crippen molar-refractivity contribution in [2.75, 3.05) is 19.6 Å². The molecule has 0 saturated carbocycles. The third-order valence-corrected chi connectivity index (χ3v) is 4.21. The van der Waals surface area contributed by atoms with Gasteiger partial charge in [0.2, 0.25) is 5.91 Å². The van der Waals surface area contributed by atoms with Gasteiger partial charge in [0, 0.05) is 25.6 Å². The molecular weight excluding hydrogens is 252 g/mol. The van der Waals surface area contributed by atoms with Gasteiger partial charge in [0.25, 0.3) is 0 Å². The molecule has 1 saturated heterocycles. The molecule has 1 aromatic rings. The second-order valence-electron chi connectivity index (χ2n) is 5.65. The number of piperidine rings is 1. The highest BCUT2D eigenvalue weighted by Crippen LogP contribution is 2.30. The van der Waals surface area contributed by atoms with Gasteiger partial charge in [-0.2, -0.15) is 0 Å². The van der Waals surface area contributed by atoms with Crippen LogP contribution in [0.15, 0.2) is 30.3 Å². The first kappa shape index (κ1) is 15.0. The molecule has 1 aliphatic rings. The van der Waals surface area contributed by atoms with E-state index in [0.717, 1.165) is 31.5 Å². The Hall–Kier alpha value is -1.39. The molecule has 2 atom stereocenters. The Balaban J connectivity index is 1.90. The first-order chi connectivity index (χ1) is 9.63. The zero-order valence-corrected chi connectivity index (χ0v) is 12.0. The number of carbonyl (C=O) groups is 1. The number of benzene rings is 1. The van der Waals surface area contributed by atoms with Crippen LogP contribution in [0.5, 0.6) is 0 Å². The molecule has 0 spiro atoms. The van der Waals surface area contributed by atoms with Gasteiger partial charge in [0.15, 0.2) is 0 Å². The molecule has 0 aromatic heterocycles. The highest BCUT2D eigenvalue weighted by atomic mass is 16.3. The van der Waals surface area contributed by atoms with E-state index in [-0.39, 0.29) is 17.7 Å². The number of hydrogen-bond acceptors (Lipinski definition) is 3. The largest absolute Gasteiger partial charge is 0.388 e. The molecule has 2 rings (SSSR count). The van der Waals surface area contributed by atoms with E-state index in [1.54, 1.807) is 0 Å². The van der Waals surface area contributed by atoms with Crippen molar-refractivity contribution in [3.63, 3.8) is 0 Å². The van der Waals surface area contributed by atoms with E-state index in [0.29, 0.717) is 6.54 Å². The lowest BCUT2D eigenvalue weighted by molar-refractivity contribution is -0.136. The number of nitrogens with two attached hydrogens (primary N) is 1. The summed E-state index contributed by atoms with van der Waals surface area (Å²) in [7, 11) is 0. The van der Waals surface area contributed by atoms with Crippen LogP contribution in [0, 0.1) is 11.8 Å². The van der Waals surface area contributed by atoms with E-state index < -0.39 is 6.10 Å². The molecule has 0 radical (unpaired) electrons. The van der Waals surface area contributed by atoms with Crippen LogP contribution in [0.2, 0.25) is 0 Å². The van der Waals surface area contributed by atoms with Crippen molar-refractivity contribution in [3.8, 4) is 0 Å². The maximum atomic E-state index is 12.1. The molecule has 1 aliphatic heterocycles. The van der Waals surface area contributed by atoms with Gasteiger partial charge in [-0.15, -0.1) is 0 Å². The fourth-order valence-electron chi connectivity index (χ4n) is 2.77. The SMILES string of the molecule is CC(CN)C(=O)N1CCC(C(O)c2ccccc2)CC1. The minimum atomic E-state index is -0.430. The van der Waals surface area contributed by atoms with Crippen molar-refractivity contribution in [1.29, 1.82) is 0 Å². The van der Waals surface area contributed by atoms with Crippen molar-refractivity contribution in [1.82, 2.24) is 4.90 Å². The summed E-state index contributed by atoms with van der Waals surface area (Å²) in [6.07, 6.45) is 1.26. The predicted octanol–water partition coefficient (Wildman–Crippen LogP) is 1.55. The normalized spacial score (nSPS) is 19.6. The van der Waals surface area contributed by atoms with Gasteiger partial charge in [-0.3, -0.25) is 4.79 Å². The molecule has 110 valence electrons. The fraction of sp³-hybridized carbons (Fsp3) is 0.562. The average molecular weight is 276 g/mol. The van der Waals surface area contributed by atoms with Crippen LogP contribution in [0.4, 0.5) is 0 Å². The molecule has 0 aliphatic carbocycles. The topological polar surface area (TPSA) is 66.6 Å². The standard InChI is InChI=1S/C16H24N2O2/c1-12(11-17)16(20)18-9-7-14(8-10-18)15(19)13-5-3-2-4-6-13/h2-6,12,14-15,19H,7-11,17H2,1H3. The molecule has 1 heterocycles. The van der Waals surface area contributed by atoms with Crippen molar-refractivity contribution < 1.29 is 9.90 Å². The summed E-state index contributed by atoms with van der Waals surface area (Å²) >= 11 is 0. The van der Waals surface area contributed by atoms with E-state index in [9.17, 15) is 9.90 Å². The zero-order chi connectivity index (χ0) is 14.5. The van der Waals surface area contributed by atoms with Crippen LogP contribution in [0.25, 0.3) is 0 Å². The van der Waals surface area contributed by atoms with Crippen molar-refractivity contribution in [3.05, 3.63) is 35.9 Å². The van der Waals surface area contributed by atoms with E-state index in [1.807, 2.05) is 42.2 Å². The highest BCUT2D eigenvalue weighted by molar-refractivity contribution is 5.78. The van der Waals surface area contributed by atoms with Crippen LogP contribution in [0.3, 0.4) is 0 Å². The van der Waals surface area contributed by atoms with Crippen molar-refractivity contribution in [2.24, 2.45) is 17.6 Å². The van der Waals surface area contributed by atoms with Crippen LogP contribution in [0.1, 0.15) is 31.4 Å². The summed E-state index contributed by atoms with van der Waals surface area (Å²) in [5, 5.41) is 10.4. The van der Waals surface area contributed by atoms with E-state index in [2.05, 4.69) is 0 Å². The summed E-state index contributed by atoms with van der Waals surface area (Å²) < 4.78 is 0. The van der Waals surface area contributed by atoms with Crippen LogP contribution >= 0.6 is 0 Å². The summed E-state index contributed by atoms with van der Waals surface area (Å²) in [6, 6.07) is 9.75. The smallest absolute Gasteiger partial charge is 0.226 e. The number of hydrogen-bond donors (Lipinski definition) is 2. The third-order valence-electron chi connectivity index (χ3n) is 4.21. The van der Waals surface area contributed by atoms with Gasteiger partial charge in [0.05, 0.1) is 6.10 Å². The Morgan fingerprint density at radius 1 is 1.35 bits per heavy atom. The van der Waals surface area contributed by atoms with Gasteiger partial charge >= 0.3 is 0 Å². The molecule has 1 aromatic carbocycles. The Morgan fingerprint density at radius 3 is 2.50 bits per heavy atom. The second-order valence-corrected chi connectivity index (χ2v) is 5.65. The van der Waals surface area contributed by atoms with Gasteiger partial charge < -0.3 is 15.7 Å². The Labute approximate surface area is 120 Å². The van der Waals surface area contributed by atoms with Crippen LogP contribution in [-0.4, -0.2) is 35.5 Å². The Kier molecular flexibility index (Phi) is 5.15. The summed E-state index contributed by atoms with van der Waals surface area (Å²) in [6.45, 7) is 3.70. The number of likely N-dealkylation sites (tertiary alicyclic amines) is 1. The van der Waals surface area contributed by atoms with E-state index >= 15 is 0 Å². The third kappa shape index (κ3) is 3.38. The van der Waals surface area contributed by atoms with E-state index in [1.165, 1.54) is 0 Å². The Bertz CT molecular complexity index is 427. The van der Waals surface area contributed by atoms with Crippen LogP contribution in [-0.2, 0) is 4.79 Å². The van der Waals surface area contributed by atoms with Gasteiger partial charge in [-0.25, -0.2) is 0 Å². The molecule has 20 heavy (non-hydrogen) atoms. The summed E-state index contributed by atoms with van der Waals surface area (Å²) in [4.78, 5) is 13.9. The molecule has 1 fully saturated rings. The van der Waals surface area contributed by atoms with Gasteiger partial charge in [-0.05, 0) is 24.3 Å². The first-order valence-corrected chi connectivity index (χ1v) is 7.35. The molecule has 4 nitrogen and oxygen atoms in total. The second kappa shape index (κ2) is 6.86. The average Bonchev–Trinajstić information content (AvgIpc) is 2.53. The molecular formula is C16H24N2O2. The minimum Gasteiger partial charge on any atom is -0.388 e. The monoisotopic (exact) mass is 276 g/mol. The minimum absolute atomic E-state index is 0.106. The lowest BCUT2D eigenvalue weighted by Crippen LogP contribution is -2.43. The maximum Gasteiger partial charge on any atom is 0.226 e. The lowest BCUT2D eigenvalue weighted by Gasteiger charge is -2.35. The van der Waals surface area contributed by atoms with Gasteiger partial charge in [0.1, 0.15) is 0 Å². The summed E-state index contributed by atoms with van der Waals surface area (Å²) in [5.74, 6) is 0.264. The quantitative estimate of drug-likeness (QED) is 0.877. The zero-order valence-electron chi connectivity index (χ0n) is 12.0. The number of amides is 1. The van der Waals surface area contributed by atoms with Gasteiger partial charge in [-0.1, -0.05) is 37.3 Å².